The number of hydrogen-bond acceptors (Lipinski definition) is 2. The number of rotatable bonds is 3. The summed E-state index contributed by atoms with van der Waals surface area (Å²) >= 11 is 0.588. The van der Waals surface area contributed by atoms with Crippen molar-refractivity contribution in [1.82, 2.24) is 0 Å². The summed E-state index contributed by atoms with van der Waals surface area (Å²) in [7, 11) is 0. The zero-order chi connectivity index (χ0) is 10.9. The Hall–Kier alpha value is -0.610. The topological polar surface area (TPSA) is 26.0 Å². The van der Waals surface area contributed by atoms with Gasteiger partial charge in [-0.2, -0.15) is 8.78 Å². The second-order valence-corrected chi connectivity index (χ2v) is 4.92. The minimum atomic E-state index is -2.38. The molecule has 82 valence electrons. The highest BCUT2D eigenvalue weighted by molar-refractivity contribution is 7.99. The SMILES string of the molecule is NC1(c2ccccc2SC(F)F)CCC1. The van der Waals surface area contributed by atoms with E-state index in [2.05, 4.69) is 0 Å². The van der Waals surface area contributed by atoms with Gasteiger partial charge in [-0.05, 0) is 30.9 Å². The Kier molecular flexibility index (Phi) is 2.98. The molecule has 0 aromatic heterocycles. The molecule has 0 radical (unpaired) electrons. The largest absolute Gasteiger partial charge is 0.321 e. The first kappa shape index (κ1) is 10.9. The summed E-state index contributed by atoms with van der Waals surface area (Å²) in [5.74, 6) is -2.38. The van der Waals surface area contributed by atoms with Gasteiger partial charge in [0.05, 0.1) is 0 Å². The van der Waals surface area contributed by atoms with Crippen molar-refractivity contribution in [3.8, 4) is 0 Å². The summed E-state index contributed by atoms with van der Waals surface area (Å²) in [5, 5.41) is 0. The third-order valence-corrected chi connectivity index (χ3v) is 3.67. The van der Waals surface area contributed by atoms with E-state index < -0.39 is 5.76 Å². The molecular formula is C11H13F2NS. The van der Waals surface area contributed by atoms with Crippen molar-refractivity contribution in [2.45, 2.75) is 35.5 Å². The second-order valence-electron chi connectivity index (χ2n) is 3.88. The number of alkyl halides is 2. The van der Waals surface area contributed by atoms with Crippen LogP contribution < -0.4 is 5.73 Å². The molecule has 1 aliphatic rings. The Bertz CT molecular complexity index is 350. The van der Waals surface area contributed by atoms with Gasteiger partial charge in [0.1, 0.15) is 0 Å². The summed E-state index contributed by atoms with van der Waals surface area (Å²) in [5.41, 5.74) is 6.66. The highest BCUT2D eigenvalue weighted by Crippen LogP contribution is 2.43. The summed E-state index contributed by atoms with van der Waals surface area (Å²) < 4.78 is 24.7. The van der Waals surface area contributed by atoms with Gasteiger partial charge in [-0.15, -0.1) is 0 Å². The number of halogens is 2. The maximum atomic E-state index is 12.3. The average Bonchev–Trinajstić information content (AvgIpc) is 2.14. The lowest BCUT2D eigenvalue weighted by Crippen LogP contribution is -2.43. The molecule has 0 unspecified atom stereocenters. The van der Waals surface area contributed by atoms with E-state index in [0.29, 0.717) is 16.7 Å². The molecule has 0 bridgehead atoms. The zero-order valence-electron chi connectivity index (χ0n) is 8.25. The highest BCUT2D eigenvalue weighted by Gasteiger charge is 2.36. The molecule has 2 rings (SSSR count). The minimum absolute atomic E-state index is 0.363. The lowest BCUT2D eigenvalue weighted by Gasteiger charge is -2.39. The van der Waals surface area contributed by atoms with Gasteiger partial charge in [0, 0.05) is 10.4 Å². The maximum Gasteiger partial charge on any atom is 0.288 e. The van der Waals surface area contributed by atoms with Crippen molar-refractivity contribution in [1.29, 1.82) is 0 Å². The Balaban J connectivity index is 2.29. The first-order valence-corrected chi connectivity index (χ1v) is 5.83. The van der Waals surface area contributed by atoms with Crippen LogP contribution in [0.4, 0.5) is 8.78 Å². The van der Waals surface area contributed by atoms with Crippen LogP contribution in [0, 0.1) is 0 Å². The molecule has 0 aliphatic heterocycles. The van der Waals surface area contributed by atoms with Crippen molar-refractivity contribution in [2.24, 2.45) is 5.73 Å². The highest BCUT2D eigenvalue weighted by atomic mass is 32.2. The van der Waals surface area contributed by atoms with E-state index in [1.807, 2.05) is 12.1 Å². The van der Waals surface area contributed by atoms with Crippen molar-refractivity contribution in [3.05, 3.63) is 29.8 Å². The van der Waals surface area contributed by atoms with Crippen LogP contribution in [-0.2, 0) is 5.54 Å². The van der Waals surface area contributed by atoms with E-state index in [9.17, 15) is 8.78 Å². The molecule has 15 heavy (non-hydrogen) atoms. The van der Waals surface area contributed by atoms with Gasteiger partial charge < -0.3 is 5.73 Å². The number of benzene rings is 1. The molecule has 0 amide bonds. The van der Waals surface area contributed by atoms with Crippen LogP contribution in [0.15, 0.2) is 29.2 Å². The van der Waals surface area contributed by atoms with E-state index >= 15 is 0 Å². The van der Waals surface area contributed by atoms with Crippen LogP contribution in [-0.4, -0.2) is 5.76 Å². The summed E-state index contributed by atoms with van der Waals surface area (Å²) in [6.45, 7) is 0. The Morgan fingerprint density at radius 3 is 2.47 bits per heavy atom. The summed E-state index contributed by atoms with van der Waals surface area (Å²) in [4.78, 5) is 0.620. The van der Waals surface area contributed by atoms with Gasteiger partial charge in [0.2, 0.25) is 0 Å². The van der Waals surface area contributed by atoms with Crippen LogP contribution in [0.5, 0.6) is 0 Å². The number of hydrogen-bond donors (Lipinski definition) is 1. The van der Waals surface area contributed by atoms with Crippen molar-refractivity contribution in [3.63, 3.8) is 0 Å². The lowest BCUT2D eigenvalue weighted by atomic mass is 9.73. The van der Waals surface area contributed by atoms with Gasteiger partial charge in [-0.3, -0.25) is 0 Å². The quantitative estimate of drug-likeness (QED) is 0.804. The Morgan fingerprint density at radius 1 is 1.27 bits per heavy atom. The summed E-state index contributed by atoms with van der Waals surface area (Å²) in [6, 6.07) is 7.22. The molecule has 1 fully saturated rings. The third-order valence-electron chi connectivity index (χ3n) is 2.89. The fraction of sp³-hybridized carbons (Fsp3) is 0.455. The fourth-order valence-electron chi connectivity index (χ4n) is 1.90. The van der Waals surface area contributed by atoms with E-state index in [4.69, 9.17) is 5.73 Å². The predicted molar refractivity (Wildman–Crippen MR) is 58.0 cm³/mol. The molecule has 0 atom stereocenters. The van der Waals surface area contributed by atoms with E-state index in [1.54, 1.807) is 12.1 Å². The van der Waals surface area contributed by atoms with Crippen LogP contribution >= 0.6 is 11.8 Å². The maximum absolute atomic E-state index is 12.3. The minimum Gasteiger partial charge on any atom is -0.321 e. The first-order chi connectivity index (χ1) is 7.12. The Morgan fingerprint density at radius 2 is 1.93 bits per heavy atom. The first-order valence-electron chi connectivity index (χ1n) is 4.95. The Labute approximate surface area is 92.0 Å². The zero-order valence-corrected chi connectivity index (χ0v) is 9.07. The van der Waals surface area contributed by atoms with E-state index in [0.717, 1.165) is 24.8 Å². The van der Waals surface area contributed by atoms with Crippen molar-refractivity contribution >= 4 is 11.8 Å². The molecule has 1 aliphatic carbocycles. The normalized spacial score (nSPS) is 18.9. The van der Waals surface area contributed by atoms with E-state index in [1.165, 1.54) is 0 Å². The van der Waals surface area contributed by atoms with Gasteiger partial charge >= 0.3 is 0 Å². The molecule has 0 saturated heterocycles. The van der Waals surface area contributed by atoms with Gasteiger partial charge in [-0.1, -0.05) is 30.0 Å². The van der Waals surface area contributed by atoms with Gasteiger partial charge in [-0.25, -0.2) is 0 Å². The third kappa shape index (κ3) is 2.16. The second kappa shape index (κ2) is 4.10. The molecule has 1 nitrogen and oxygen atoms in total. The molecule has 0 spiro atoms. The van der Waals surface area contributed by atoms with Gasteiger partial charge in [0.15, 0.2) is 0 Å². The predicted octanol–water partition coefficient (Wildman–Crippen LogP) is 3.34. The van der Waals surface area contributed by atoms with Crippen LogP contribution in [0.25, 0.3) is 0 Å². The van der Waals surface area contributed by atoms with Crippen LogP contribution in [0.3, 0.4) is 0 Å². The smallest absolute Gasteiger partial charge is 0.288 e. The monoisotopic (exact) mass is 229 g/mol. The van der Waals surface area contributed by atoms with Gasteiger partial charge in [0.25, 0.3) is 5.76 Å². The average molecular weight is 229 g/mol. The molecule has 1 aromatic carbocycles. The molecule has 2 N–H and O–H groups in total. The van der Waals surface area contributed by atoms with Crippen molar-refractivity contribution < 1.29 is 8.78 Å². The molecular weight excluding hydrogens is 216 g/mol. The van der Waals surface area contributed by atoms with Crippen LogP contribution in [0.2, 0.25) is 0 Å². The lowest BCUT2D eigenvalue weighted by molar-refractivity contribution is 0.244. The van der Waals surface area contributed by atoms with Crippen LogP contribution in [0.1, 0.15) is 24.8 Å². The molecule has 4 heteroatoms. The molecule has 1 saturated carbocycles. The number of thioether (sulfide) groups is 1. The van der Waals surface area contributed by atoms with E-state index in [-0.39, 0.29) is 5.54 Å². The summed E-state index contributed by atoms with van der Waals surface area (Å²) in [6.07, 6.45) is 2.88. The number of nitrogens with two attached hydrogens (primary N) is 1. The molecule has 0 heterocycles. The van der Waals surface area contributed by atoms with Crippen molar-refractivity contribution in [2.75, 3.05) is 0 Å². The standard InChI is InChI=1S/C11H13F2NS/c12-10(13)15-9-5-2-1-4-8(9)11(14)6-3-7-11/h1-2,4-5,10H,3,6-7,14H2. The fourth-order valence-corrected chi connectivity index (χ4v) is 2.65. The molecule has 1 aromatic rings.